The molecule has 1 fully saturated rings. The molecule has 7 nitrogen and oxygen atoms in total. The third-order valence-electron chi connectivity index (χ3n) is 4.11. The molecule has 21 heavy (non-hydrogen) atoms. The van der Waals surface area contributed by atoms with Gasteiger partial charge in [0.05, 0.1) is 4.92 Å². The van der Waals surface area contributed by atoms with E-state index in [4.69, 9.17) is 5.84 Å². The average Bonchev–Trinajstić information content (AvgIpc) is 2.46. The lowest BCUT2D eigenvalue weighted by atomic mass is 10.0. The summed E-state index contributed by atoms with van der Waals surface area (Å²) in [4.78, 5) is 15.2. The average molecular weight is 293 g/mol. The van der Waals surface area contributed by atoms with Crippen LogP contribution in [0.5, 0.6) is 0 Å². The number of nitro benzene ring substituents is 1. The molecule has 1 unspecified atom stereocenters. The van der Waals surface area contributed by atoms with Crippen LogP contribution in [-0.2, 0) is 6.54 Å². The van der Waals surface area contributed by atoms with E-state index in [2.05, 4.69) is 29.3 Å². The van der Waals surface area contributed by atoms with E-state index in [1.807, 2.05) is 6.07 Å². The molecule has 0 aromatic heterocycles. The number of likely N-dealkylation sites (tertiary alicyclic amines) is 1. The van der Waals surface area contributed by atoms with Gasteiger partial charge in [-0.15, -0.1) is 0 Å². The fraction of sp³-hybridized carbons (Fsp3) is 0.571. The van der Waals surface area contributed by atoms with Crippen LogP contribution in [0.25, 0.3) is 0 Å². The summed E-state index contributed by atoms with van der Waals surface area (Å²) in [6, 6.07) is 5.52. The minimum Gasteiger partial charge on any atom is -0.318 e. The largest absolute Gasteiger partial charge is 0.318 e. The lowest BCUT2D eigenvalue weighted by Gasteiger charge is -2.36. The molecule has 1 aliphatic heterocycles. The van der Waals surface area contributed by atoms with Gasteiger partial charge in [0.15, 0.2) is 0 Å². The maximum atomic E-state index is 11.1. The number of nitrogens with two attached hydrogens (primary N) is 1. The van der Waals surface area contributed by atoms with Crippen molar-refractivity contribution in [1.82, 2.24) is 9.80 Å². The Labute approximate surface area is 124 Å². The van der Waals surface area contributed by atoms with Crippen LogP contribution in [0.15, 0.2) is 18.2 Å². The first-order valence-electron chi connectivity index (χ1n) is 7.14. The van der Waals surface area contributed by atoms with Crippen LogP contribution in [0.4, 0.5) is 11.4 Å². The molecule has 0 aliphatic carbocycles. The van der Waals surface area contributed by atoms with Gasteiger partial charge in [0.25, 0.3) is 5.69 Å². The number of nitrogens with zero attached hydrogens (tertiary/aromatic N) is 3. The highest BCUT2D eigenvalue weighted by molar-refractivity contribution is 5.65. The number of nitrogens with one attached hydrogen (secondary N) is 1. The zero-order valence-corrected chi connectivity index (χ0v) is 12.6. The van der Waals surface area contributed by atoms with Gasteiger partial charge < -0.3 is 10.3 Å². The Kier molecular flexibility index (Phi) is 5.11. The van der Waals surface area contributed by atoms with E-state index in [0.717, 1.165) is 25.1 Å². The van der Waals surface area contributed by atoms with Gasteiger partial charge in [-0.05, 0) is 39.0 Å². The van der Waals surface area contributed by atoms with E-state index in [0.29, 0.717) is 18.3 Å². The lowest BCUT2D eigenvalue weighted by molar-refractivity contribution is -0.384. The molecule has 1 aromatic carbocycles. The predicted octanol–water partition coefficient (Wildman–Crippen LogP) is 1.41. The molecule has 0 radical (unpaired) electrons. The molecule has 3 N–H and O–H groups in total. The van der Waals surface area contributed by atoms with Gasteiger partial charge >= 0.3 is 0 Å². The SMILES string of the molecule is CN1CCCC(N(C)Cc2cccc([N+](=O)[O-])c2NN)C1. The van der Waals surface area contributed by atoms with E-state index >= 15 is 0 Å². The monoisotopic (exact) mass is 293 g/mol. The number of hydrogen-bond donors (Lipinski definition) is 2. The number of likely N-dealkylation sites (N-methyl/N-ethyl adjacent to an activating group) is 2. The molecular formula is C14H23N5O2. The summed E-state index contributed by atoms with van der Waals surface area (Å²) in [6.45, 7) is 2.80. The standard InChI is InChI=1S/C14H23N5O2/c1-17-8-4-6-12(10-17)18(2)9-11-5-3-7-13(19(20)21)14(11)16-15/h3,5,7,12,16H,4,6,8-10,15H2,1-2H3. The summed E-state index contributed by atoms with van der Waals surface area (Å²) in [5.74, 6) is 5.48. The van der Waals surface area contributed by atoms with Gasteiger partial charge in [-0.2, -0.15) is 0 Å². The maximum Gasteiger partial charge on any atom is 0.293 e. The summed E-state index contributed by atoms with van der Waals surface area (Å²) in [5.41, 5.74) is 3.75. The highest BCUT2D eigenvalue weighted by Crippen LogP contribution is 2.29. The quantitative estimate of drug-likeness (QED) is 0.485. The van der Waals surface area contributed by atoms with Crippen molar-refractivity contribution < 1.29 is 4.92 Å². The van der Waals surface area contributed by atoms with E-state index in [1.165, 1.54) is 12.5 Å². The number of hydrazine groups is 1. The second kappa shape index (κ2) is 6.84. The first-order chi connectivity index (χ1) is 10.0. The third-order valence-corrected chi connectivity index (χ3v) is 4.11. The van der Waals surface area contributed by atoms with Crippen LogP contribution in [0.3, 0.4) is 0 Å². The molecule has 7 heteroatoms. The molecule has 116 valence electrons. The molecule has 2 rings (SSSR count). The van der Waals surface area contributed by atoms with Crippen LogP contribution in [0, 0.1) is 10.1 Å². The second-order valence-electron chi connectivity index (χ2n) is 5.69. The first kappa shape index (κ1) is 15.7. The van der Waals surface area contributed by atoms with Gasteiger partial charge in [0.1, 0.15) is 5.69 Å². The highest BCUT2D eigenvalue weighted by atomic mass is 16.6. The molecule has 1 aromatic rings. The Hall–Kier alpha value is -1.70. The van der Waals surface area contributed by atoms with Crippen molar-refractivity contribution in [2.75, 3.05) is 32.6 Å². The van der Waals surface area contributed by atoms with Crippen LogP contribution in [-0.4, -0.2) is 47.9 Å². The zero-order valence-electron chi connectivity index (χ0n) is 12.6. The summed E-state index contributed by atoms with van der Waals surface area (Å²) in [6.07, 6.45) is 2.34. The van der Waals surface area contributed by atoms with Crippen molar-refractivity contribution in [3.8, 4) is 0 Å². The van der Waals surface area contributed by atoms with Crippen molar-refractivity contribution in [3.05, 3.63) is 33.9 Å². The van der Waals surface area contributed by atoms with E-state index in [9.17, 15) is 10.1 Å². The first-order valence-corrected chi connectivity index (χ1v) is 7.14. The Morgan fingerprint density at radius 3 is 2.95 bits per heavy atom. The maximum absolute atomic E-state index is 11.1. The van der Waals surface area contributed by atoms with Crippen molar-refractivity contribution in [1.29, 1.82) is 0 Å². The summed E-state index contributed by atoms with van der Waals surface area (Å²) in [7, 11) is 4.18. The number of piperidine rings is 1. The predicted molar refractivity (Wildman–Crippen MR) is 82.9 cm³/mol. The van der Waals surface area contributed by atoms with Gasteiger partial charge in [-0.25, -0.2) is 0 Å². The van der Waals surface area contributed by atoms with Crippen molar-refractivity contribution in [2.24, 2.45) is 5.84 Å². The van der Waals surface area contributed by atoms with E-state index in [1.54, 1.807) is 6.07 Å². The number of nitro groups is 1. The van der Waals surface area contributed by atoms with Crippen molar-refractivity contribution in [2.45, 2.75) is 25.4 Å². The molecule has 0 bridgehead atoms. The molecule has 0 spiro atoms. The molecule has 1 aliphatic rings. The summed E-state index contributed by atoms with van der Waals surface area (Å²) < 4.78 is 0. The van der Waals surface area contributed by atoms with Gasteiger partial charge in [-0.3, -0.25) is 20.9 Å². The minimum atomic E-state index is -0.410. The fourth-order valence-corrected chi connectivity index (χ4v) is 2.93. The summed E-state index contributed by atoms with van der Waals surface area (Å²) in [5, 5.41) is 11.1. The molecule has 1 saturated heterocycles. The van der Waals surface area contributed by atoms with Crippen LogP contribution in [0.1, 0.15) is 18.4 Å². The molecule has 0 amide bonds. The van der Waals surface area contributed by atoms with Crippen LogP contribution >= 0.6 is 0 Å². The highest BCUT2D eigenvalue weighted by Gasteiger charge is 2.23. The number of rotatable bonds is 5. The zero-order chi connectivity index (χ0) is 15.4. The number of para-hydroxylation sites is 1. The molecule has 1 atom stereocenters. The fourth-order valence-electron chi connectivity index (χ4n) is 2.93. The molecule has 0 saturated carbocycles. The third kappa shape index (κ3) is 3.69. The Balaban J connectivity index is 2.15. The number of hydrogen-bond acceptors (Lipinski definition) is 6. The number of anilines is 1. The molecular weight excluding hydrogens is 270 g/mol. The molecule has 1 heterocycles. The van der Waals surface area contributed by atoms with Crippen LogP contribution in [0.2, 0.25) is 0 Å². The Bertz CT molecular complexity index is 508. The topological polar surface area (TPSA) is 87.7 Å². The van der Waals surface area contributed by atoms with Gasteiger partial charge in [0.2, 0.25) is 0 Å². The minimum absolute atomic E-state index is 0.0177. The smallest absolute Gasteiger partial charge is 0.293 e. The summed E-state index contributed by atoms with van der Waals surface area (Å²) >= 11 is 0. The van der Waals surface area contributed by atoms with Gasteiger partial charge in [0, 0.05) is 25.2 Å². The number of nitrogen functional groups attached to an aromatic ring is 1. The Morgan fingerprint density at radius 1 is 1.57 bits per heavy atom. The van der Waals surface area contributed by atoms with Crippen molar-refractivity contribution >= 4 is 11.4 Å². The van der Waals surface area contributed by atoms with E-state index < -0.39 is 4.92 Å². The van der Waals surface area contributed by atoms with Crippen molar-refractivity contribution in [3.63, 3.8) is 0 Å². The Morgan fingerprint density at radius 2 is 2.33 bits per heavy atom. The second-order valence-corrected chi connectivity index (χ2v) is 5.69. The van der Waals surface area contributed by atoms with Crippen LogP contribution < -0.4 is 11.3 Å². The van der Waals surface area contributed by atoms with E-state index in [-0.39, 0.29) is 5.69 Å². The lowest BCUT2D eigenvalue weighted by Crippen LogP contribution is -2.44. The number of benzene rings is 1. The van der Waals surface area contributed by atoms with Gasteiger partial charge in [-0.1, -0.05) is 12.1 Å². The normalized spacial score (nSPS) is 19.7.